The molecule has 2 rings (SSSR count). The predicted molar refractivity (Wildman–Crippen MR) is 71.4 cm³/mol. The zero-order valence-electron chi connectivity index (χ0n) is 10.4. The van der Waals surface area contributed by atoms with Crippen LogP contribution in [-0.2, 0) is 6.42 Å². The number of aryl methyl sites for hydroxylation is 1. The molecule has 0 saturated carbocycles. The van der Waals surface area contributed by atoms with E-state index in [1.54, 1.807) is 12.1 Å². The predicted octanol–water partition coefficient (Wildman–Crippen LogP) is 2.94. The fraction of sp³-hybridized carbons (Fsp3) is 0.200. The summed E-state index contributed by atoms with van der Waals surface area (Å²) in [5.41, 5.74) is 5.44. The standard InChI is InChI=1S/C15H17FN2/c1-2-11-7-9-12(10-8-11)15(18-17)13-5-3-4-6-14(13)16/h3-10,15,18H,2,17H2,1H3. The molecule has 94 valence electrons. The highest BCUT2D eigenvalue weighted by Gasteiger charge is 2.15. The molecular weight excluding hydrogens is 227 g/mol. The lowest BCUT2D eigenvalue weighted by Gasteiger charge is -2.17. The van der Waals surface area contributed by atoms with E-state index in [9.17, 15) is 4.39 Å². The molecule has 0 aliphatic heterocycles. The van der Waals surface area contributed by atoms with Gasteiger partial charge in [-0.15, -0.1) is 0 Å². The van der Waals surface area contributed by atoms with Crippen molar-refractivity contribution < 1.29 is 4.39 Å². The maximum absolute atomic E-state index is 13.8. The normalized spacial score (nSPS) is 12.4. The van der Waals surface area contributed by atoms with Gasteiger partial charge in [-0.1, -0.05) is 49.4 Å². The van der Waals surface area contributed by atoms with Crippen LogP contribution in [0.15, 0.2) is 48.5 Å². The molecule has 2 aromatic carbocycles. The van der Waals surface area contributed by atoms with Crippen LogP contribution in [0.25, 0.3) is 0 Å². The van der Waals surface area contributed by atoms with Crippen molar-refractivity contribution in [2.75, 3.05) is 0 Å². The van der Waals surface area contributed by atoms with Crippen molar-refractivity contribution in [3.63, 3.8) is 0 Å². The van der Waals surface area contributed by atoms with E-state index in [1.165, 1.54) is 11.6 Å². The van der Waals surface area contributed by atoms with Gasteiger partial charge in [-0.2, -0.15) is 0 Å². The number of nitrogens with two attached hydrogens (primary N) is 1. The molecule has 1 unspecified atom stereocenters. The van der Waals surface area contributed by atoms with Crippen LogP contribution in [-0.4, -0.2) is 0 Å². The van der Waals surface area contributed by atoms with E-state index < -0.39 is 0 Å². The van der Waals surface area contributed by atoms with Crippen LogP contribution < -0.4 is 11.3 Å². The van der Waals surface area contributed by atoms with Gasteiger partial charge < -0.3 is 0 Å². The van der Waals surface area contributed by atoms with E-state index in [1.807, 2.05) is 30.3 Å². The summed E-state index contributed by atoms with van der Waals surface area (Å²) in [7, 11) is 0. The van der Waals surface area contributed by atoms with Gasteiger partial charge in [0.15, 0.2) is 0 Å². The van der Waals surface area contributed by atoms with Gasteiger partial charge in [-0.25, -0.2) is 9.82 Å². The molecule has 0 saturated heterocycles. The Labute approximate surface area is 107 Å². The maximum atomic E-state index is 13.8. The second kappa shape index (κ2) is 5.76. The third-order valence-electron chi connectivity index (χ3n) is 3.10. The highest BCUT2D eigenvalue weighted by Crippen LogP contribution is 2.23. The zero-order valence-corrected chi connectivity index (χ0v) is 10.4. The lowest BCUT2D eigenvalue weighted by Crippen LogP contribution is -2.29. The van der Waals surface area contributed by atoms with Gasteiger partial charge in [-0.3, -0.25) is 5.84 Å². The Morgan fingerprint density at radius 1 is 1.11 bits per heavy atom. The van der Waals surface area contributed by atoms with Gasteiger partial charge in [0.2, 0.25) is 0 Å². The largest absolute Gasteiger partial charge is 0.271 e. The Morgan fingerprint density at radius 3 is 2.33 bits per heavy atom. The maximum Gasteiger partial charge on any atom is 0.128 e. The van der Waals surface area contributed by atoms with Crippen LogP contribution in [0.2, 0.25) is 0 Å². The topological polar surface area (TPSA) is 38.0 Å². The first-order valence-electron chi connectivity index (χ1n) is 6.05. The minimum atomic E-state index is -0.322. The molecular formula is C15H17FN2. The van der Waals surface area contributed by atoms with Gasteiger partial charge in [0, 0.05) is 5.56 Å². The monoisotopic (exact) mass is 244 g/mol. The molecule has 0 aliphatic rings. The van der Waals surface area contributed by atoms with E-state index in [2.05, 4.69) is 12.3 Å². The molecule has 18 heavy (non-hydrogen) atoms. The van der Waals surface area contributed by atoms with Crippen LogP contribution in [0.4, 0.5) is 4.39 Å². The minimum Gasteiger partial charge on any atom is -0.271 e. The number of hydrogen-bond donors (Lipinski definition) is 2. The van der Waals surface area contributed by atoms with Crippen LogP contribution >= 0.6 is 0 Å². The summed E-state index contributed by atoms with van der Waals surface area (Å²) in [6.45, 7) is 2.10. The highest BCUT2D eigenvalue weighted by atomic mass is 19.1. The Bertz CT molecular complexity index is 508. The number of hydrazine groups is 1. The van der Waals surface area contributed by atoms with E-state index >= 15 is 0 Å². The molecule has 0 spiro atoms. The summed E-state index contributed by atoms with van der Waals surface area (Å²) in [5.74, 6) is 5.31. The number of hydrogen-bond acceptors (Lipinski definition) is 2. The van der Waals surface area contributed by atoms with Crippen molar-refractivity contribution in [3.8, 4) is 0 Å². The summed E-state index contributed by atoms with van der Waals surface area (Å²) in [5, 5.41) is 0. The van der Waals surface area contributed by atoms with E-state index in [0.29, 0.717) is 5.56 Å². The lowest BCUT2D eigenvalue weighted by molar-refractivity contribution is 0.560. The average Bonchev–Trinajstić information content (AvgIpc) is 2.42. The molecule has 2 nitrogen and oxygen atoms in total. The molecule has 3 N–H and O–H groups in total. The van der Waals surface area contributed by atoms with Gasteiger partial charge in [-0.05, 0) is 23.6 Å². The van der Waals surface area contributed by atoms with E-state index in [0.717, 1.165) is 12.0 Å². The summed E-state index contributed by atoms with van der Waals surface area (Å²) in [6.07, 6.45) is 0.987. The highest BCUT2D eigenvalue weighted by molar-refractivity contribution is 5.34. The summed E-state index contributed by atoms with van der Waals surface area (Å²) < 4.78 is 13.8. The third-order valence-corrected chi connectivity index (χ3v) is 3.10. The van der Waals surface area contributed by atoms with E-state index in [-0.39, 0.29) is 11.9 Å². The number of benzene rings is 2. The first kappa shape index (κ1) is 12.7. The number of halogens is 1. The van der Waals surface area contributed by atoms with Crippen molar-refractivity contribution >= 4 is 0 Å². The Balaban J connectivity index is 2.36. The van der Waals surface area contributed by atoms with Crippen molar-refractivity contribution in [1.82, 2.24) is 5.43 Å². The van der Waals surface area contributed by atoms with Crippen molar-refractivity contribution in [2.45, 2.75) is 19.4 Å². The van der Waals surface area contributed by atoms with Crippen molar-refractivity contribution in [2.24, 2.45) is 5.84 Å². The Hall–Kier alpha value is -1.71. The fourth-order valence-electron chi connectivity index (χ4n) is 2.02. The summed E-state index contributed by atoms with van der Waals surface area (Å²) >= 11 is 0. The van der Waals surface area contributed by atoms with Gasteiger partial charge in [0.25, 0.3) is 0 Å². The fourth-order valence-corrected chi connectivity index (χ4v) is 2.02. The van der Waals surface area contributed by atoms with Crippen LogP contribution in [0.5, 0.6) is 0 Å². The Kier molecular flexibility index (Phi) is 4.07. The van der Waals surface area contributed by atoms with Gasteiger partial charge in [0.05, 0.1) is 6.04 Å². The quantitative estimate of drug-likeness (QED) is 0.641. The second-order valence-corrected chi connectivity index (χ2v) is 4.22. The van der Waals surface area contributed by atoms with Crippen LogP contribution in [0.1, 0.15) is 29.7 Å². The molecule has 0 heterocycles. The lowest BCUT2D eigenvalue weighted by atomic mass is 9.97. The van der Waals surface area contributed by atoms with E-state index in [4.69, 9.17) is 5.84 Å². The number of rotatable bonds is 4. The zero-order chi connectivity index (χ0) is 13.0. The van der Waals surface area contributed by atoms with Gasteiger partial charge in [0.1, 0.15) is 5.82 Å². The van der Waals surface area contributed by atoms with Crippen molar-refractivity contribution in [1.29, 1.82) is 0 Å². The molecule has 1 atom stereocenters. The van der Waals surface area contributed by atoms with Crippen LogP contribution in [0, 0.1) is 5.82 Å². The molecule has 0 aliphatic carbocycles. The third kappa shape index (κ3) is 2.58. The molecule has 0 fully saturated rings. The first-order valence-corrected chi connectivity index (χ1v) is 6.05. The smallest absolute Gasteiger partial charge is 0.128 e. The summed E-state index contributed by atoms with van der Waals surface area (Å²) in [4.78, 5) is 0. The Morgan fingerprint density at radius 2 is 1.78 bits per heavy atom. The van der Waals surface area contributed by atoms with Crippen LogP contribution in [0.3, 0.4) is 0 Å². The van der Waals surface area contributed by atoms with Crippen molar-refractivity contribution in [3.05, 3.63) is 71.0 Å². The first-order chi connectivity index (χ1) is 8.76. The molecule has 0 bridgehead atoms. The van der Waals surface area contributed by atoms with Gasteiger partial charge >= 0.3 is 0 Å². The minimum absolute atomic E-state index is 0.250. The molecule has 0 aromatic heterocycles. The second-order valence-electron chi connectivity index (χ2n) is 4.22. The summed E-state index contributed by atoms with van der Waals surface area (Å²) in [6, 6.07) is 14.4. The number of nitrogens with one attached hydrogen (secondary N) is 1. The molecule has 2 aromatic rings. The molecule has 0 amide bonds. The molecule has 0 radical (unpaired) electrons. The SMILES string of the molecule is CCc1ccc(C(NN)c2ccccc2F)cc1. The average molecular weight is 244 g/mol. The molecule has 3 heteroatoms.